The molecule has 164 valence electrons. The van der Waals surface area contributed by atoms with Crippen LogP contribution in [-0.2, 0) is 14.8 Å². The van der Waals surface area contributed by atoms with E-state index in [-0.39, 0.29) is 29.5 Å². The van der Waals surface area contributed by atoms with Gasteiger partial charge in [-0.3, -0.25) is 4.79 Å². The second kappa shape index (κ2) is 10.1. The summed E-state index contributed by atoms with van der Waals surface area (Å²) in [7, 11) is -3.56. The monoisotopic (exact) mass is 432 g/mol. The first-order valence-corrected chi connectivity index (χ1v) is 11.6. The van der Waals surface area contributed by atoms with Gasteiger partial charge in [-0.25, -0.2) is 13.1 Å². The second-order valence-electron chi connectivity index (χ2n) is 7.77. The molecule has 6 nitrogen and oxygen atoms in total. The first-order valence-electron chi connectivity index (χ1n) is 10.2. The number of carbonyl (C=O) groups excluding carboxylic acids is 1. The Bertz CT molecular complexity index is 985. The highest BCUT2D eigenvalue weighted by molar-refractivity contribution is 7.89. The zero-order valence-electron chi connectivity index (χ0n) is 18.6. The molecule has 0 aliphatic carbocycles. The lowest BCUT2D eigenvalue weighted by Gasteiger charge is -2.18. The molecule has 0 radical (unpaired) electrons. The average molecular weight is 433 g/mol. The fourth-order valence-corrected chi connectivity index (χ4v) is 4.42. The highest BCUT2D eigenvalue weighted by Gasteiger charge is 2.17. The summed E-state index contributed by atoms with van der Waals surface area (Å²) in [6, 6.07) is 9.98. The number of hydrogen-bond donors (Lipinski definition) is 2. The predicted molar refractivity (Wildman–Crippen MR) is 119 cm³/mol. The van der Waals surface area contributed by atoms with Crippen LogP contribution in [0.3, 0.4) is 0 Å². The summed E-state index contributed by atoms with van der Waals surface area (Å²) in [5.41, 5.74) is 4.62. The molecule has 7 heteroatoms. The summed E-state index contributed by atoms with van der Waals surface area (Å²) in [5.74, 6) is 0.193. The van der Waals surface area contributed by atoms with E-state index in [4.69, 9.17) is 4.74 Å². The van der Waals surface area contributed by atoms with Gasteiger partial charge < -0.3 is 10.1 Å². The predicted octanol–water partition coefficient (Wildman–Crippen LogP) is 3.94. The number of ether oxygens (including phenoxy) is 1. The van der Waals surface area contributed by atoms with Crippen molar-refractivity contribution in [1.82, 2.24) is 10.0 Å². The van der Waals surface area contributed by atoms with Gasteiger partial charge in [-0.1, -0.05) is 19.1 Å². The molecular formula is C23H32N2O4S. The molecule has 2 unspecified atom stereocenters. The van der Waals surface area contributed by atoms with E-state index in [9.17, 15) is 13.2 Å². The molecule has 30 heavy (non-hydrogen) atoms. The summed E-state index contributed by atoms with van der Waals surface area (Å²) >= 11 is 0. The van der Waals surface area contributed by atoms with E-state index in [0.29, 0.717) is 12.2 Å². The topological polar surface area (TPSA) is 84.5 Å². The van der Waals surface area contributed by atoms with Crippen LogP contribution in [0.4, 0.5) is 0 Å². The van der Waals surface area contributed by atoms with E-state index in [1.165, 1.54) is 23.3 Å². The Morgan fingerprint density at radius 2 is 1.60 bits per heavy atom. The molecule has 2 atom stereocenters. The third-order valence-electron chi connectivity index (χ3n) is 5.20. The number of nitrogens with one attached hydrogen (secondary N) is 2. The molecule has 0 fully saturated rings. The summed E-state index contributed by atoms with van der Waals surface area (Å²) in [6.45, 7) is 11.7. The van der Waals surface area contributed by atoms with Crippen LogP contribution in [0.25, 0.3) is 0 Å². The molecule has 2 aromatic carbocycles. The largest absolute Gasteiger partial charge is 0.484 e. The number of benzene rings is 2. The first kappa shape index (κ1) is 23.9. The van der Waals surface area contributed by atoms with Gasteiger partial charge in [0, 0.05) is 6.04 Å². The van der Waals surface area contributed by atoms with E-state index in [0.717, 1.165) is 11.1 Å². The Morgan fingerprint density at radius 1 is 1.00 bits per heavy atom. The van der Waals surface area contributed by atoms with Crippen LogP contribution in [0.2, 0.25) is 0 Å². The molecule has 0 saturated carbocycles. The van der Waals surface area contributed by atoms with E-state index in [1.54, 1.807) is 12.1 Å². The zero-order chi connectivity index (χ0) is 22.5. The van der Waals surface area contributed by atoms with Crippen LogP contribution in [0.1, 0.15) is 55.5 Å². The molecule has 2 N–H and O–H groups in total. The van der Waals surface area contributed by atoms with E-state index < -0.39 is 10.0 Å². The van der Waals surface area contributed by atoms with E-state index >= 15 is 0 Å². The highest BCUT2D eigenvalue weighted by Crippen LogP contribution is 2.22. The Morgan fingerprint density at radius 3 is 2.20 bits per heavy atom. The lowest BCUT2D eigenvalue weighted by atomic mass is 9.96. The minimum Gasteiger partial charge on any atom is -0.484 e. The van der Waals surface area contributed by atoms with Crippen LogP contribution in [0.15, 0.2) is 41.3 Å². The van der Waals surface area contributed by atoms with Crippen LogP contribution in [0, 0.1) is 20.8 Å². The molecule has 0 heterocycles. The van der Waals surface area contributed by atoms with Crippen molar-refractivity contribution in [2.24, 2.45) is 0 Å². The van der Waals surface area contributed by atoms with Crippen molar-refractivity contribution in [2.45, 2.75) is 64.9 Å². The molecule has 0 saturated heterocycles. The smallest absolute Gasteiger partial charge is 0.258 e. The SMILES string of the molecule is CCC(C)NS(=O)(=O)c1ccc(OCC(=O)NC(C)c2cc(C)c(C)cc2C)cc1. The van der Waals surface area contributed by atoms with Gasteiger partial charge in [0.2, 0.25) is 10.0 Å². The third-order valence-corrected chi connectivity index (χ3v) is 6.80. The van der Waals surface area contributed by atoms with Crippen molar-refractivity contribution in [3.63, 3.8) is 0 Å². The summed E-state index contributed by atoms with van der Waals surface area (Å²) in [5, 5.41) is 2.95. The van der Waals surface area contributed by atoms with Gasteiger partial charge in [-0.15, -0.1) is 0 Å². The summed E-state index contributed by atoms with van der Waals surface area (Å²) < 4.78 is 32.7. The molecule has 0 aliphatic heterocycles. The highest BCUT2D eigenvalue weighted by atomic mass is 32.2. The molecule has 1 amide bonds. The Balaban J connectivity index is 1.94. The maximum Gasteiger partial charge on any atom is 0.258 e. The number of aryl methyl sites for hydroxylation is 3. The maximum atomic E-state index is 12.3. The van der Waals surface area contributed by atoms with Crippen molar-refractivity contribution in [2.75, 3.05) is 6.61 Å². The minimum absolute atomic E-state index is 0.139. The summed E-state index contributed by atoms with van der Waals surface area (Å²) in [6.07, 6.45) is 0.704. The van der Waals surface area contributed by atoms with Crippen molar-refractivity contribution < 1.29 is 17.9 Å². The fraction of sp³-hybridized carbons (Fsp3) is 0.435. The van der Waals surface area contributed by atoms with E-state index in [2.05, 4.69) is 36.0 Å². The quantitative estimate of drug-likeness (QED) is 0.628. The van der Waals surface area contributed by atoms with Crippen molar-refractivity contribution in [3.8, 4) is 5.75 Å². The fourth-order valence-electron chi connectivity index (χ4n) is 3.09. The number of hydrogen-bond acceptors (Lipinski definition) is 4. The third kappa shape index (κ3) is 6.31. The van der Waals surface area contributed by atoms with Gasteiger partial charge in [-0.05, 0) is 87.6 Å². The molecule has 0 bridgehead atoms. The summed E-state index contributed by atoms with van der Waals surface area (Å²) in [4.78, 5) is 12.5. The molecule has 2 rings (SSSR count). The van der Waals surface area contributed by atoms with Gasteiger partial charge in [0.15, 0.2) is 6.61 Å². The van der Waals surface area contributed by atoms with Crippen molar-refractivity contribution >= 4 is 15.9 Å². The van der Waals surface area contributed by atoms with Gasteiger partial charge in [-0.2, -0.15) is 0 Å². The molecule has 2 aromatic rings. The Kier molecular flexibility index (Phi) is 8.03. The van der Waals surface area contributed by atoms with Crippen LogP contribution < -0.4 is 14.8 Å². The van der Waals surface area contributed by atoms with Crippen LogP contribution in [-0.4, -0.2) is 27.0 Å². The molecule has 0 spiro atoms. The Labute approximate surface area is 180 Å². The van der Waals surface area contributed by atoms with Gasteiger partial charge >= 0.3 is 0 Å². The molecule has 0 aromatic heterocycles. The van der Waals surface area contributed by atoms with Crippen molar-refractivity contribution in [3.05, 3.63) is 58.7 Å². The lowest BCUT2D eigenvalue weighted by molar-refractivity contribution is -0.123. The van der Waals surface area contributed by atoms with Gasteiger partial charge in [0.1, 0.15) is 5.75 Å². The standard InChI is InChI=1S/C23H32N2O4S/c1-7-18(5)25-30(27,28)21-10-8-20(9-11-21)29-14-23(26)24-19(6)22-13-16(3)15(2)12-17(22)4/h8-13,18-19,25H,7,14H2,1-6H3,(H,24,26). The Hall–Kier alpha value is -2.38. The lowest BCUT2D eigenvalue weighted by Crippen LogP contribution is -2.32. The number of sulfonamides is 1. The van der Waals surface area contributed by atoms with Gasteiger partial charge in [0.05, 0.1) is 10.9 Å². The zero-order valence-corrected chi connectivity index (χ0v) is 19.4. The minimum atomic E-state index is -3.56. The van der Waals surface area contributed by atoms with Crippen LogP contribution in [0.5, 0.6) is 5.75 Å². The number of amides is 1. The van der Waals surface area contributed by atoms with E-state index in [1.807, 2.05) is 27.7 Å². The number of carbonyl (C=O) groups is 1. The normalized spacial score (nSPS) is 13.5. The number of rotatable bonds is 9. The van der Waals surface area contributed by atoms with Crippen molar-refractivity contribution in [1.29, 1.82) is 0 Å². The van der Waals surface area contributed by atoms with Crippen LogP contribution >= 0.6 is 0 Å². The molecule has 0 aliphatic rings. The average Bonchev–Trinajstić information content (AvgIpc) is 2.69. The van der Waals surface area contributed by atoms with Gasteiger partial charge in [0.25, 0.3) is 5.91 Å². The maximum absolute atomic E-state index is 12.3. The first-order chi connectivity index (χ1) is 14.0. The second-order valence-corrected chi connectivity index (χ2v) is 9.49. The molecular weight excluding hydrogens is 400 g/mol.